The molecule has 2 aromatic carbocycles. The molecule has 0 N–H and O–H groups in total. The van der Waals surface area contributed by atoms with Crippen molar-refractivity contribution >= 4 is 23.2 Å². The molecular formula is C22H25ClN2O. The zero-order valence-electron chi connectivity index (χ0n) is 15.8. The first-order valence-corrected chi connectivity index (χ1v) is 9.63. The largest absolute Gasteiger partial charge is 0.338 e. The van der Waals surface area contributed by atoms with E-state index in [0.717, 1.165) is 17.0 Å². The van der Waals surface area contributed by atoms with Crippen molar-refractivity contribution in [1.82, 2.24) is 4.90 Å². The van der Waals surface area contributed by atoms with E-state index in [1.165, 1.54) is 16.8 Å². The van der Waals surface area contributed by atoms with Crippen molar-refractivity contribution < 1.29 is 4.79 Å². The molecule has 1 fully saturated rings. The molecule has 1 saturated heterocycles. The molecule has 0 aliphatic carbocycles. The molecule has 0 saturated carbocycles. The third kappa shape index (κ3) is 2.23. The lowest BCUT2D eigenvalue weighted by Gasteiger charge is -2.46. The summed E-state index contributed by atoms with van der Waals surface area (Å²) in [4.78, 5) is 17.3. The van der Waals surface area contributed by atoms with Crippen LogP contribution in [0.4, 0.5) is 5.69 Å². The standard InChI is InChI=1S/C22H25ClN2O/c1-5-15-8-11-19-18(12-15)21(2,3)22(4)24(19)14-20(26)25(22)13-16-6-9-17(23)10-7-16/h6-12H,5,13-14H2,1-4H3/t22-/m0/s1. The van der Waals surface area contributed by atoms with Gasteiger partial charge in [-0.2, -0.15) is 0 Å². The Bertz CT molecular complexity index is 874. The fourth-order valence-electron chi connectivity index (χ4n) is 4.57. The third-order valence-electron chi connectivity index (χ3n) is 6.52. The Kier molecular flexibility index (Phi) is 3.85. The van der Waals surface area contributed by atoms with Crippen LogP contribution in [0.25, 0.3) is 0 Å². The summed E-state index contributed by atoms with van der Waals surface area (Å²) in [6.45, 7) is 9.95. The van der Waals surface area contributed by atoms with E-state index < -0.39 is 0 Å². The molecule has 0 unspecified atom stereocenters. The molecule has 4 heteroatoms. The first kappa shape index (κ1) is 17.4. The van der Waals surface area contributed by atoms with E-state index in [9.17, 15) is 4.79 Å². The van der Waals surface area contributed by atoms with Crippen molar-refractivity contribution in [2.45, 2.75) is 51.7 Å². The van der Waals surface area contributed by atoms with Crippen LogP contribution in [-0.2, 0) is 23.2 Å². The summed E-state index contributed by atoms with van der Waals surface area (Å²) < 4.78 is 0. The van der Waals surface area contributed by atoms with Gasteiger partial charge < -0.3 is 9.80 Å². The van der Waals surface area contributed by atoms with Crippen LogP contribution in [0.2, 0.25) is 5.02 Å². The Morgan fingerprint density at radius 3 is 2.35 bits per heavy atom. The summed E-state index contributed by atoms with van der Waals surface area (Å²) in [6, 6.07) is 14.5. The first-order chi connectivity index (χ1) is 12.3. The van der Waals surface area contributed by atoms with Crippen LogP contribution < -0.4 is 4.90 Å². The van der Waals surface area contributed by atoms with Crippen molar-refractivity contribution in [3.8, 4) is 0 Å². The van der Waals surface area contributed by atoms with E-state index >= 15 is 0 Å². The van der Waals surface area contributed by atoms with Crippen molar-refractivity contribution in [3.05, 3.63) is 64.2 Å². The minimum atomic E-state index is -0.377. The van der Waals surface area contributed by atoms with Crippen molar-refractivity contribution in [2.24, 2.45) is 0 Å². The molecule has 0 radical (unpaired) electrons. The highest BCUT2D eigenvalue weighted by Gasteiger charge is 2.62. The van der Waals surface area contributed by atoms with Crippen LogP contribution in [0.5, 0.6) is 0 Å². The third-order valence-corrected chi connectivity index (χ3v) is 6.77. The Morgan fingerprint density at radius 2 is 1.69 bits per heavy atom. The normalized spacial score (nSPS) is 23.3. The molecule has 2 heterocycles. The smallest absolute Gasteiger partial charge is 0.244 e. The van der Waals surface area contributed by atoms with Crippen LogP contribution in [0.1, 0.15) is 44.4 Å². The van der Waals surface area contributed by atoms with Gasteiger partial charge in [0, 0.05) is 22.7 Å². The summed E-state index contributed by atoms with van der Waals surface area (Å²) >= 11 is 6.02. The number of hydrogen-bond acceptors (Lipinski definition) is 2. The van der Waals surface area contributed by atoms with Gasteiger partial charge in [-0.15, -0.1) is 0 Å². The predicted octanol–water partition coefficient (Wildman–Crippen LogP) is 4.76. The highest BCUT2D eigenvalue weighted by atomic mass is 35.5. The van der Waals surface area contributed by atoms with Crippen LogP contribution in [0.15, 0.2) is 42.5 Å². The van der Waals surface area contributed by atoms with Crippen molar-refractivity contribution in [1.29, 1.82) is 0 Å². The summed E-state index contributed by atoms with van der Waals surface area (Å²) in [7, 11) is 0. The molecule has 2 aliphatic rings. The topological polar surface area (TPSA) is 23.6 Å². The van der Waals surface area contributed by atoms with Gasteiger partial charge in [0.05, 0.1) is 6.54 Å². The molecule has 4 rings (SSSR count). The number of carbonyl (C=O) groups excluding carboxylic acids is 1. The quantitative estimate of drug-likeness (QED) is 0.779. The summed E-state index contributed by atoms with van der Waals surface area (Å²) in [5.74, 6) is 0.181. The second kappa shape index (κ2) is 5.75. The molecule has 1 atom stereocenters. The molecular weight excluding hydrogens is 344 g/mol. The molecule has 1 amide bonds. The number of nitrogens with zero attached hydrogens (tertiary/aromatic N) is 2. The lowest BCUT2D eigenvalue weighted by atomic mass is 9.75. The number of hydrogen-bond donors (Lipinski definition) is 0. The summed E-state index contributed by atoms with van der Waals surface area (Å²) in [5.41, 5.74) is 4.45. The van der Waals surface area contributed by atoms with E-state index in [2.05, 4.69) is 50.8 Å². The van der Waals surface area contributed by atoms with Gasteiger partial charge >= 0.3 is 0 Å². The van der Waals surface area contributed by atoms with Gasteiger partial charge in [-0.1, -0.05) is 56.6 Å². The second-order valence-corrected chi connectivity index (χ2v) is 8.48. The number of rotatable bonds is 3. The number of carbonyl (C=O) groups is 1. The SMILES string of the molecule is CCc1ccc2c(c1)C(C)(C)[C@]1(C)N(Cc3ccc(Cl)cc3)C(=O)CN21. The number of amides is 1. The molecule has 0 aromatic heterocycles. The van der Waals surface area contributed by atoms with Crippen molar-refractivity contribution in [2.75, 3.05) is 11.4 Å². The number of benzene rings is 2. The first-order valence-electron chi connectivity index (χ1n) is 9.25. The number of fused-ring (bicyclic) bond motifs is 3. The molecule has 0 spiro atoms. The molecule has 136 valence electrons. The van der Waals surface area contributed by atoms with Gasteiger partial charge in [-0.3, -0.25) is 4.79 Å². The number of halogens is 1. The predicted molar refractivity (Wildman–Crippen MR) is 107 cm³/mol. The summed E-state index contributed by atoms with van der Waals surface area (Å²) in [5, 5.41) is 0.718. The second-order valence-electron chi connectivity index (χ2n) is 8.04. The minimum absolute atomic E-state index is 0.161. The zero-order valence-corrected chi connectivity index (χ0v) is 16.6. The Morgan fingerprint density at radius 1 is 1.04 bits per heavy atom. The van der Waals surface area contributed by atoms with Crippen LogP contribution >= 0.6 is 11.6 Å². The van der Waals surface area contributed by atoms with E-state index in [1.54, 1.807) is 0 Å². The maximum Gasteiger partial charge on any atom is 0.244 e. The summed E-state index contributed by atoms with van der Waals surface area (Å²) in [6.07, 6.45) is 1.02. The molecule has 26 heavy (non-hydrogen) atoms. The maximum absolute atomic E-state index is 12.9. The number of aryl methyl sites for hydroxylation is 1. The fourth-order valence-corrected chi connectivity index (χ4v) is 4.69. The Hall–Kier alpha value is -2.00. The van der Waals surface area contributed by atoms with Gasteiger partial charge in [0.15, 0.2) is 0 Å². The Labute approximate surface area is 160 Å². The van der Waals surface area contributed by atoms with Crippen LogP contribution in [-0.4, -0.2) is 23.0 Å². The number of anilines is 1. The van der Waals surface area contributed by atoms with E-state index in [4.69, 9.17) is 11.6 Å². The monoisotopic (exact) mass is 368 g/mol. The molecule has 2 aliphatic heterocycles. The Balaban J connectivity index is 1.78. The molecule has 2 aromatic rings. The van der Waals surface area contributed by atoms with E-state index in [-0.39, 0.29) is 17.0 Å². The maximum atomic E-state index is 12.9. The van der Waals surface area contributed by atoms with Crippen LogP contribution in [0, 0.1) is 0 Å². The van der Waals surface area contributed by atoms with Gasteiger partial charge in [-0.05, 0) is 48.2 Å². The van der Waals surface area contributed by atoms with Gasteiger partial charge in [0.25, 0.3) is 0 Å². The fraction of sp³-hybridized carbons (Fsp3) is 0.409. The average molecular weight is 369 g/mol. The van der Waals surface area contributed by atoms with Gasteiger partial charge in [-0.25, -0.2) is 0 Å². The average Bonchev–Trinajstić information content (AvgIpc) is 2.97. The van der Waals surface area contributed by atoms with Gasteiger partial charge in [0.2, 0.25) is 5.91 Å². The van der Waals surface area contributed by atoms with Crippen LogP contribution in [0.3, 0.4) is 0 Å². The van der Waals surface area contributed by atoms with E-state index in [0.29, 0.717) is 13.1 Å². The van der Waals surface area contributed by atoms with Crippen molar-refractivity contribution in [3.63, 3.8) is 0 Å². The molecule has 3 nitrogen and oxygen atoms in total. The highest BCUT2D eigenvalue weighted by molar-refractivity contribution is 6.30. The lowest BCUT2D eigenvalue weighted by Crippen LogP contribution is -2.59. The van der Waals surface area contributed by atoms with E-state index in [1.807, 2.05) is 29.2 Å². The minimum Gasteiger partial charge on any atom is -0.338 e. The highest BCUT2D eigenvalue weighted by Crippen LogP contribution is 2.55. The van der Waals surface area contributed by atoms with Gasteiger partial charge in [0.1, 0.15) is 5.66 Å². The lowest BCUT2D eigenvalue weighted by molar-refractivity contribution is -0.132. The zero-order chi connectivity index (χ0) is 18.7. The molecule has 0 bridgehead atoms.